The summed E-state index contributed by atoms with van der Waals surface area (Å²) in [5, 5.41) is 0. The zero-order valence-electron chi connectivity index (χ0n) is 13.8. The molecule has 3 rings (SSSR count). The number of rotatable bonds is 4. The fourth-order valence-corrected chi connectivity index (χ4v) is 4.50. The van der Waals surface area contributed by atoms with E-state index in [1.54, 1.807) is 0 Å². The minimum absolute atomic E-state index is 0.492. The van der Waals surface area contributed by atoms with Crippen molar-refractivity contribution in [2.45, 2.75) is 75.9 Å². The van der Waals surface area contributed by atoms with Crippen LogP contribution in [0, 0.1) is 11.8 Å². The zero-order valence-corrected chi connectivity index (χ0v) is 13.8. The van der Waals surface area contributed by atoms with Crippen LogP contribution in [0.1, 0.15) is 75.7 Å². The van der Waals surface area contributed by atoms with Gasteiger partial charge in [0.25, 0.3) is 0 Å². The maximum Gasteiger partial charge on any atom is 0.113 e. The molecule has 0 saturated heterocycles. The van der Waals surface area contributed by atoms with Crippen molar-refractivity contribution < 1.29 is 0 Å². The Labute approximate surface area is 139 Å². The molecule has 2 saturated carbocycles. The Morgan fingerprint density at radius 3 is 1.77 bits per heavy atom. The van der Waals surface area contributed by atoms with Gasteiger partial charge in [0.05, 0.1) is 7.85 Å². The van der Waals surface area contributed by atoms with Crippen molar-refractivity contribution in [3.8, 4) is 0 Å². The highest BCUT2D eigenvalue weighted by atomic mass is 14.3. The third-order valence-electron chi connectivity index (χ3n) is 6.13. The molecule has 0 bridgehead atoms. The lowest BCUT2D eigenvalue weighted by molar-refractivity contribution is 0.261. The predicted octanol–water partition coefficient (Wildman–Crippen LogP) is 4.68. The molecule has 2 aliphatic rings. The number of hydrogen-bond donors (Lipinski definition) is 0. The fourth-order valence-electron chi connectivity index (χ4n) is 4.50. The fraction of sp³-hybridized carbons (Fsp3) is 0.700. The second kappa shape index (κ2) is 7.75. The first kappa shape index (κ1) is 16.2. The monoisotopic (exact) mass is 290 g/mol. The molecule has 0 spiro atoms. The largest absolute Gasteiger partial charge is 0.113 e. The van der Waals surface area contributed by atoms with Gasteiger partial charge in [0.1, 0.15) is 7.85 Å². The second-order valence-electron chi connectivity index (χ2n) is 7.74. The summed E-state index contributed by atoms with van der Waals surface area (Å²) in [5.74, 6) is 3.20. The van der Waals surface area contributed by atoms with Crippen LogP contribution in [0.2, 0.25) is 5.82 Å². The molecule has 0 N–H and O–H groups in total. The normalized spacial score (nSPS) is 32.7. The minimum atomic E-state index is 0.492. The van der Waals surface area contributed by atoms with Crippen molar-refractivity contribution >= 4 is 21.2 Å². The van der Waals surface area contributed by atoms with Gasteiger partial charge in [0, 0.05) is 0 Å². The molecule has 114 valence electrons. The average Bonchev–Trinajstić information content (AvgIpc) is 2.56. The van der Waals surface area contributed by atoms with E-state index in [0.29, 0.717) is 5.82 Å². The van der Waals surface area contributed by atoms with Crippen LogP contribution >= 0.6 is 0 Å². The molecule has 0 atom stereocenters. The Morgan fingerprint density at radius 1 is 0.727 bits per heavy atom. The van der Waals surface area contributed by atoms with Crippen molar-refractivity contribution in [3.05, 3.63) is 29.8 Å². The van der Waals surface area contributed by atoms with Gasteiger partial charge in [0.15, 0.2) is 0 Å². The van der Waals surface area contributed by atoms with Crippen molar-refractivity contribution in [1.82, 2.24) is 0 Å². The molecule has 22 heavy (non-hydrogen) atoms. The van der Waals surface area contributed by atoms with Crippen LogP contribution in [0.15, 0.2) is 24.3 Å². The van der Waals surface area contributed by atoms with Gasteiger partial charge < -0.3 is 0 Å². The van der Waals surface area contributed by atoms with E-state index in [4.69, 9.17) is 15.7 Å². The lowest BCUT2D eigenvalue weighted by atomic mass is 9.70. The molecule has 0 heterocycles. The summed E-state index contributed by atoms with van der Waals surface area (Å²) >= 11 is 0. The summed E-state index contributed by atoms with van der Waals surface area (Å²) in [7, 11) is 11.8. The maximum atomic E-state index is 6.01. The Bertz CT molecular complexity index is 437. The quantitative estimate of drug-likeness (QED) is 0.706. The van der Waals surface area contributed by atoms with Gasteiger partial charge in [-0.15, -0.1) is 0 Å². The summed E-state index contributed by atoms with van der Waals surface area (Å²) in [6, 6.07) is 8.56. The first-order valence-electron chi connectivity index (χ1n) is 9.31. The lowest BCUT2D eigenvalue weighted by Crippen LogP contribution is -2.16. The molecule has 1 aromatic rings. The third-order valence-corrected chi connectivity index (χ3v) is 6.13. The van der Waals surface area contributed by atoms with E-state index in [1.165, 1.54) is 69.8 Å². The first-order valence-corrected chi connectivity index (χ1v) is 9.31. The summed E-state index contributed by atoms with van der Waals surface area (Å²) in [6.45, 7) is 0. The Hall–Kier alpha value is -0.650. The van der Waals surface area contributed by atoms with Crippen LogP contribution in [0.5, 0.6) is 0 Å². The summed E-state index contributed by atoms with van der Waals surface area (Å²) < 4.78 is 0. The molecule has 4 radical (unpaired) electrons. The predicted molar refractivity (Wildman–Crippen MR) is 97.2 cm³/mol. The number of hydrogen-bond acceptors (Lipinski definition) is 0. The van der Waals surface area contributed by atoms with E-state index in [1.807, 2.05) is 0 Å². The Kier molecular flexibility index (Phi) is 5.71. The Morgan fingerprint density at radius 2 is 1.23 bits per heavy atom. The van der Waals surface area contributed by atoms with E-state index >= 15 is 0 Å². The molecule has 0 aromatic heterocycles. The van der Waals surface area contributed by atoms with Crippen LogP contribution in [-0.4, -0.2) is 15.7 Å². The summed E-state index contributed by atoms with van der Waals surface area (Å²) in [5.41, 5.74) is 2.37. The van der Waals surface area contributed by atoms with Gasteiger partial charge >= 0.3 is 0 Å². The topological polar surface area (TPSA) is 0 Å². The number of benzene rings is 1. The van der Waals surface area contributed by atoms with E-state index in [2.05, 4.69) is 24.3 Å². The highest BCUT2D eigenvalue weighted by Crippen LogP contribution is 2.39. The highest BCUT2D eigenvalue weighted by Gasteiger charge is 2.24. The molecule has 2 fully saturated rings. The molecule has 0 nitrogen and oxygen atoms in total. The van der Waals surface area contributed by atoms with E-state index in [0.717, 1.165) is 23.2 Å². The zero-order chi connectivity index (χ0) is 15.4. The lowest BCUT2D eigenvalue weighted by Gasteiger charge is -2.31. The molecule has 0 amide bonds. The average molecular weight is 290 g/mol. The van der Waals surface area contributed by atoms with Gasteiger partial charge in [-0.2, -0.15) is 0 Å². The summed E-state index contributed by atoms with van der Waals surface area (Å²) in [6.07, 6.45) is 13.7. The standard InChI is InChI=1S/C20H28B2/c21-19-11-5-16(6-12-19)2-1-15-3-7-17(8-4-15)18-9-13-20(22)14-10-18/h9-10,13-17,19H,1-8,11-12H2. The van der Waals surface area contributed by atoms with Crippen molar-refractivity contribution in [1.29, 1.82) is 0 Å². The van der Waals surface area contributed by atoms with Gasteiger partial charge in [-0.3, -0.25) is 0 Å². The molecule has 2 heteroatoms. The van der Waals surface area contributed by atoms with Crippen LogP contribution in [0.25, 0.3) is 0 Å². The SMILES string of the molecule is [B]c1ccc(C2CCC(CCC3CCC([B])CC3)CC2)cc1. The van der Waals surface area contributed by atoms with Gasteiger partial charge in [-0.05, 0) is 49.0 Å². The van der Waals surface area contributed by atoms with Gasteiger partial charge in [-0.25, -0.2) is 0 Å². The second-order valence-corrected chi connectivity index (χ2v) is 7.74. The van der Waals surface area contributed by atoms with Gasteiger partial charge in [0.2, 0.25) is 0 Å². The first-order chi connectivity index (χ1) is 10.7. The summed E-state index contributed by atoms with van der Waals surface area (Å²) in [4.78, 5) is 0. The Balaban J connectivity index is 1.39. The minimum Gasteiger partial charge on any atom is -0.0967 e. The van der Waals surface area contributed by atoms with Crippen LogP contribution < -0.4 is 5.46 Å². The molecule has 2 aliphatic carbocycles. The molecule has 0 aliphatic heterocycles. The van der Waals surface area contributed by atoms with E-state index in [9.17, 15) is 0 Å². The smallest absolute Gasteiger partial charge is 0.0967 e. The maximum absolute atomic E-state index is 6.01. The highest BCUT2D eigenvalue weighted by molar-refractivity contribution is 6.32. The molecule has 1 aromatic carbocycles. The third kappa shape index (κ3) is 4.43. The van der Waals surface area contributed by atoms with Crippen molar-refractivity contribution in [2.75, 3.05) is 0 Å². The van der Waals surface area contributed by atoms with Crippen LogP contribution in [0.4, 0.5) is 0 Å². The van der Waals surface area contributed by atoms with Crippen LogP contribution in [-0.2, 0) is 0 Å². The van der Waals surface area contributed by atoms with Crippen molar-refractivity contribution in [2.24, 2.45) is 11.8 Å². The van der Waals surface area contributed by atoms with Gasteiger partial charge in [-0.1, -0.05) is 74.1 Å². The van der Waals surface area contributed by atoms with E-state index < -0.39 is 0 Å². The molecule has 0 unspecified atom stereocenters. The van der Waals surface area contributed by atoms with E-state index in [-0.39, 0.29) is 0 Å². The molecular formula is C20H28B2. The van der Waals surface area contributed by atoms with Crippen LogP contribution in [0.3, 0.4) is 0 Å². The molecular weight excluding hydrogens is 262 g/mol. The van der Waals surface area contributed by atoms with Crippen molar-refractivity contribution in [3.63, 3.8) is 0 Å².